The fourth-order valence-electron chi connectivity index (χ4n) is 4.19. The fourth-order valence-corrected chi connectivity index (χ4v) is 4.19. The highest BCUT2D eigenvalue weighted by Crippen LogP contribution is 2.43. The summed E-state index contributed by atoms with van der Waals surface area (Å²) in [6.45, 7) is 0. The lowest BCUT2D eigenvalue weighted by Gasteiger charge is -2.29. The molecule has 8 nitrogen and oxygen atoms in total. The number of hydrazone groups is 1. The number of methoxy groups -OCH3 is 2. The number of esters is 2. The molecule has 4 rings (SSSR count). The average Bonchev–Trinajstić information content (AvgIpc) is 3.36. The highest BCUT2D eigenvalue weighted by atomic mass is 16.5. The molecule has 2 heterocycles. The molecule has 30 heavy (non-hydrogen) atoms. The molecule has 0 saturated carbocycles. The molecule has 0 N–H and O–H groups in total. The first-order valence-electron chi connectivity index (χ1n) is 9.49. The van der Waals surface area contributed by atoms with E-state index in [2.05, 4.69) is 5.10 Å². The Hall–Kier alpha value is -3.68. The Morgan fingerprint density at radius 3 is 2.00 bits per heavy atom. The van der Waals surface area contributed by atoms with Crippen molar-refractivity contribution in [3.05, 3.63) is 66.2 Å². The van der Waals surface area contributed by atoms with Gasteiger partial charge in [-0.25, -0.2) is 0 Å². The molecule has 2 aliphatic heterocycles. The summed E-state index contributed by atoms with van der Waals surface area (Å²) in [5.41, 5.74) is 1.20. The van der Waals surface area contributed by atoms with Crippen molar-refractivity contribution in [3.8, 4) is 0 Å². The van der Waals surface area contributed by atoms with Gasteiger partial charge in [-0.3, -0.25) is 19.4 Å². The number of hydrogen-bond acceptors (Lipinski definition) is 8. The Morgan fingerprint density at radius 2 is 1.40 bits per heavy atom. The van der Waals surface area contributed by atoms with E-state index in [1.54, 1.807) is 41.6 Å². The van der Waals surface area contributed by atoms with Crippen molar-refractivity contribution >= 4 is 29.7 Å². The molecule has 0 aromatic heterocycles. The number of benzene rings is 2. The van der Waals surface area contributed by atoms with Crippen LogP contribution in [0.3, 0.4) is 0 Å². The van der Waals surface area contributed by atoms with Crippen LogP contribution in [0.2, 0.25) is 0 Å². The van der Waals surface area contributed by atoms with Crippen LogP contribution in [0.25, 0.3) is 0 Å². The highest BCUT2D eigenvalue weighted by Gasteiger charge is 2.62. The predicted octanol–water partition coefficient (Wildman–Crippen LogP) is 1.92. The lowest BCUT2D eigenvalue weighted by Crippen LogP contribution is -2.45. The molecule has 0 bridgehead atoms. The minimum Gasteiger partial charge on any atom is -0.469 e. The van der Waals surface area contributed by atoms with Crippen LogP contribution in [0, 0.1) is 11.8 Å². The zero-order chi connectivity index (χ0) is 21.3. The molecule has 2 aliphatic rings. The SMILES string of the molecule is COC(=O)[C@H]1[C@H](C(=O)OC)[C@@H]2N(c3ccccc3)C=NN2[C@@H]1C(=O)c1ccccc1. The van der Waals surface area contributed by atoms with Crippen LogP contribution in [-0.2, 0) is 19.1 Å². The molecular formula is C22H21N3O5. The maximum atomic E-state index is 13.4. The van der Waals surface area contributed by atoms with E-state index >= 15 is 0 Å². The van der Waals surface area contributed by atoms with Crippen LogP contribution in [0.4, 0.5) is 5.69 Å². The number of fused-ring (bicyclic) bond motifs is 1. The quantitative estimate of drug-likeness (QED) is 0.553. The molecule has 154 valence electrons. The Morgan fingerprint density at radius 1 is 0.833 bits per heavy atom. The van der Waals surface area contributed by atoms with Gasteiger partial charge >= 0.3 is 11.9 Å². The second kappa shape index (κ2) is 7.98. The molecule has 0 aliphatic carbocycles. The van der Waals surface area contributed by atoms with Crippen LogP contribution < -0.4 is 4.90 Å². The first-order chi connectivity index (χ1) is 14.6. The summed E-state index contributed by atoms with van der Waals surface area (Å²) < 4.78 is 10.0. The van der Waals surface area contributed by atoms with E-state index in [9.17, 15) is 14.4 Å². The highest BCUT2D eigenvalue weighted by molar-refractivity contribution is 6.04. The number of hydrogen-bond donors (Lipinski definition) is 0. The van der Waals surface area contributed by atoms with Crippen molar-refractivity contribution in [2.24, 2.45) is 16.9 Å². The smallest absolute Gasteiger partial charge is 0.313 e. The third-order valence-corrected chi connectivity index (χ3v) is 5.53. The van der Waals surface area contributed by atoms with Gasteiger partial charge in [0.25, 0.3) is 0 Å². The number of ketones is 1. The second-order valence-electron chi connectivity index (χ2n) is 7.04. The summed E-state index contributed by atoms with van der Waals surface area (Å²) in [7, 11) is 2.50. The Bertz CT molecular complexity index is 979. The van der Waals surface area contributed by atoms with Crippen molar-refractivity contribution < 1.29 is 23.9 Å². The number of carbonyl (C=O) groups excluding carboxylic acids is 3. The number of rotatable bonds is 5. The number of nitrogens with zero attached hydrogens (tertiary/aromatic N) is 3. The molecule has 0 unspecified atom stereocenters. The van der Waals surface area contributed by atoms with Crippen LogP contribution >= 0.6 is 0 Å². The first kappa shape index (κ1) is 19.6. The Labute approximate surface area is 173 Å². The van der Waals surface area contributed by atoms with Gasteiger partial charge in [0.05, 0.1) is 14.2 Å². The minimum absolute atomic E-state index is 0.311. The van der Waals surface area contributed by atoms with Crippen LogP contribution in [0.1, 0.15) is 10.4 Å². The van der Waals surface area contributed by atoms with Gasteiger partial charge in [-0.15, -0.1) is 0 Å². The molecule has 0 spiro atoms. The standard InChI is InChI=1S/C22H21N3O5/c1-29-21(27)16-17(22(28)30-2)20-24(15-11-7-4-8-12-15)13-23-25(20)18(16)19(26)14-9-5-3-6-10-14/h3-13,16-18,20H,1-2H3/t16-,17-,18-,20+/m0/s1. The van der Waals surface area contributed by atoms with Gasteiger partial charge in [0.2, 0.25) is 0 Å². The van der Waals surface area contributed by atoms with Gasteiger partial charge in [-0.1, -0.05) is 48.5 Å². The average molecular weight is 407 g/mol. The summed E-state index contributed by atoms with van der Waals surface area (Å²) in [6.07, 6.45) is 0.871. The monoisotopic (exact) mass is 407 g/mol. The van der Waals surface area contributed by atoms with E-state index in [4.69, 9.17) is 9.47 Å². The topological polar surface area (TPSA) is 88.5 Å². The largest absolute Gasteiger partial charge is 0.469 e. The van der Waals surface area contributed by atoms with E-state index in [1.807, 2.05) is 30.3 Å². The summed E-state index contributed by atoms with van der Waals surface area (Å²) in [4.78, 5) is 40.8. The number of anilines is 1. The molecule has 2 aromatic carbocycles. The molecule has 8 heteroatoms. The van der Waals surface area contributed by atoms with Crippen LogP contribution in [0.15, 0.2) is 65.8 Å². The van der Waals surface area contributed by atoms with E-state index in [-0.39, 0.29) is 5.78 Å². The van der Waals surface area contributed by atoms with Crippen LogP contribution in [-0.4, -0.2) is 55.5 Å². The van der Waals surface area contributed by atoms with Gasteiger partial charge < -0.3 is 14.4 Å². The molecular weight excluding hydrogens is 386 g/mol. The number of Topliss-reactive ketones (excluding diaryl/α,β-unsaturated/α-hetero) is 1. The van der Waals surface area contributed by atoms with Crippen molar-refractivity contribution in [2.45, 2.75) is 12.2 Å². The van der Waals surface area contributed by atoms with Crippen molar-refractivity contribution in [2.75, 3.05) is 19.1 Å². The zero-order valence-electron chi connectivity index (χ0n) is 16.5. The maximum absolute atomic E-state index is 13.4. The Balaban J connectivity index is 1.82. The Kier molecular flexibility index (Phi) is 5.22. The fraction of sp³-hybridized carbons (Fsp3) is 0.273. The second-order valence-corrected chi connectivity index (χ2v) is 7.04. The van der Waals surface area contributed by atoms with Crippen molar-refractivity contribution in [1.82, 2.24) is 5.01 Å². The summed E-state index contributed by atoms with van der Waals surface area (Å²) in [6, 6.07) is 17.0. The van der Waals surface area contributed by atoms with E-state index in [0.717, 1.165) is 5.69 Å². The first-order valence-corrected chi connectivity index (χ1v) is 9.49. The number of para-hydroxylation sites is 1. The normalized spacial score (nSPS) is 24.5. The molecule has 0 amide bonds. The van der Waals surface area contributed by atoms with Crippen molar-refractivity contribution in [1.29, 1.82) is 0 Å². The summed E-state index contributed by atoms with van der Waals surface area (Å²) in [5.74, 6) is -3.60. The number of ether oxygens (including phenoxy) is 2. The van der Waals surface area contributed by atoms with Gasteiger partial charge in [-0.05, 0) is 12.1 Å². The van der Waals surface area contributed by atoms with Crippen molar-refractivity contribution in [3.63, 3.8) is 0 Å². The molecule has 2 aromatic rings. The molecule has 1 saturated heterocycles. The summed E-state index contributed by atoms with van der Waals surface area (Å²) in [5, 5.41) is 5.93. The third kappa shape index (κ3) is 3.10. The van der Waals surface area contributed by atoms with E-state index in [1.165, 1.54) is 19.2 Å². The maximum Gasteiger partial charge on any atom is 0.313 e. The van der Waals surface area contributed by atoms with Gasteiger partial charge in [-0.2, -0.15) is 5.10 Å². The predicted molar refractivity (Wildman–Crippen MR) is 109 cm³/mol. The van der Waals surface area contributed by atoms with Gasteiger partial charge in [0.1, 0.15) is 30.4 Å². The van der Waals surface area contributed by atoms with Crippen LogP contribution in [0.5, 0.6) is 0 Å². The third-order valence-electron chi connectivity index (χ3n) is 5.53. The number of carbonyl (C=O) groups is 3. The molecule has 1 fully saturated rings. The van der Waals surface area contributed by atoms with E-state index < -0.39 is 36.0 Å². The minimum atomic E-state index is -1.07. The van der Waals surface area contributed by atoms with E-state index in [0.29, 0.717) is 5.56 Å². The zero-order valence-corrected chi connectivity index (χ0v) is 16.5. The van der Waals surface area contributed by atoms with Gasteiger partial charge in [0, 0.05) is 11.3 Å². The summed E-state index contributed by atoms with van der Waals surface area (Å²) >= 11 is 0. The molecule has 0 radical (unpaired) electrons. The molecule has 4 atom stereocenters. The van der Waals surface area contributed by atoms with Gasteiger partial charge in [0.15, 0.2) is 5.78 Å². The lowest BCUT2D eigenvalue weighted by molar-refractivity contribution is -0.156. The lowest BCUT2D eigenvalue weighted by atomic mass is 9.85.